The summed E-state index contributed by atoms with van der Waals surface area (Å²) in [6.07, 6.45) is 0. The summed E-state index contributed by atoms with van der Waals surface area (Å²) in [5, 5.41) is -0.251. The van der Waals surface area contributed by atoms with E-state index in [0.29, 0.717) is 0 Å². The van der Waals surface area contributed by atoms with E-state index in [-0.39, 0.29) is 10.6 Å². The smallest absolute Gasteiger partial charge is 0.205 e. The number of halogens is 4. The summed E-state index contributed by atoms with van der Waals surface area (Å²) in [6.45, 7) is 1.24. The van der Waals surface area contributed by atoms with Crippen LogP contribution in [0.15, 0.2) is 0 Å². The predicted molar refractivity (Wildman–Crippen MR) is 42.6 cm³/mol. The van der Waals surface area contributed by atoms with Crippen LogP contribution >= 0.6 is 11.6 Å². The van der Waals surface area contributed by atoms with Gasteiger partial charge in [0, 0.05) is 5.56 Å². The maximum absolute atomic E-state index is 12.9. The first kappa shape index (κ1) is 10.2. The van der Waals surface area contributed by atoms with Gasteiger partial charge in [-0.2, -0.15) is 4.39 Å². The molecule has 0 saturated heterocycles. The Morgan fingerprint density at radius 1 is 1.08 bits per heavy atom. The Hall–Kier alpha value is -0.900. The van der Waals surface area contributed by atoms with E-state index >= 15 is 0 Å². The zero-order valence-electron chi connectivity index (χ0n) is 6.92. The van der Waals surface area contributed by atoms with Crippen LogP contribution in [-0.4, -0.2) is 7.11 Å². The van der Waals surface area contributed by atoms with E-state index in [2.05, 4.69) is 4.74 Å². The fourth-order valence-electron chi connectivity index (χ4n) is 0.903. The topological polar surface area (TPSA) is 9.23 Å². The van der Waals surface area contributed by atoms with Gasteiger partial charge in [-0.05, 0) is 6.92 Å². The molecule has 13 heavy (non-hydrogen) atoms. The van der Waals surface area contributed by atoms with Crippen molar-refractivity contribution >= 4 is 11.6 Å². The molecule has 0 aliphatic heterocycles. The minimum absolute atomic E-state index is 0.169. The molecule has 1 nitrogen and oxygen atoms in total. The van der Waals surface area contributed by atoms with Gasteiger partial charge in [-0.1, -0.05) is 11.6 Å². The highest BCUT2D eigenvalue weighted by Crippen LogP contribution is 2.34. The molecule has 72 valence electrons. The van der Waals surface area contributed by atoms with Crippen LogP contribution in [0, 0.1) is 24.4 Å². The second kappa shape index (κ2) is 3.46. The lowest BCUT2D eigenvalue weighted by molar-refractivity contribution is 0.359. The van der Waals surface area contributed by atoms with E-state index in [9.17, 15) is 13.2 Å². The molecule has 1 aromatic carbocycles. The van der Waals surface area contributed by atoms with Crippen molar-refractivity contribution < 1.29 is 17.9 Å². The Labute approximate surface area is 78.1 Å². The first-order valence-electron chi connectivity index (χ1n) is 3.37. The fraction of sp³-hybridized carbons (Fsp3) is 0.250. The molecular formula is C8H6ClF3O. The average molecular weight is 211 g/mol. The first-order chi connectivity index (χ1) is 6.00. The molecule has 0 atom stereocenters. The minimum Gasteiger partial charge on any atom is -0.492 e. The molecule has 1 rings (SSSR count). The largest absolute Gasteiger partial charge is 0.492 e. The summed E-state index contributed by atoms with van der Waals surface area (Å²) in [4.78, 5) is 0. The van der Waals surface area contributed by atoms with E-state index in [0.717, 1.165) is 7.11 Å². The van der Waals surface area contributed by atoms with Crippen molar-refractivity contribution in [2.75, 3.05) is 7.11 Å². The third-order valence-electron chi connectivity index (χ3n) is 1.65. The van der Waals surface area contributed by atoms with E-state index < -0.39 is 23.2 Å². The summed E-state index contributed by atoms with van der Waals surface area (Å²) in [6, 6.07) is 0. The van der Waals surface area contributed by atoms with E-state index in [1.807, 2.05) is 0 Å². The van der Waals surface area contributed by atoms with Gasteiger partial charge in [-0.3, -0.25) is 0 Å². The average Bonchev–Trinajstić information content (AvgIpc) is 2.13. The minimum atomic E-state index is -1.57. The Morgan fingerprint density at radius 3 is 2.08 bits per heavy atom. The van der Waals surface area contributed by atoms with E-state index in [1.165, 1.54) is 6.92 Å². The van der Waals surface area contributed by atoms with Gasteiger partial charge in [0.1, 0.15) is 0 Å². The molecule has 0 fully saturated rings. The van der Waals surface area contributed by atoms with Gasteiger partial charge >= 0.3 is 0 Å². The van der Waals surface area contributed by atoms with Gasteiger partial charge in [0.25, 0.3) is 0 Å². The van der Waals surface area contributed by atoms with Crippen LogP contribution in [0.2, 0.25) is 5.02 Å². The zero-order valence-corrected chi connectivity index (χ0v) is 7.68. The van der Waals surface area contributed by atoms with Crippen LogP contribution in [0.3, 0.4) is 0 Å². The molecule has 1 aromatic rings. The van der Waals surface area contributed by atoms with Crippen LogP contribution in [-0.2, 0) is 0 Å². The van der Waals surface area contributed by atoms with Crippen molar-refractivity contribution in [3.05, 3.63) is 28.0 Å². The molecule has 0 aromatic heterocycles. The molecular weight excluding hydrogens is 205 g/mol. The third-order valence-corrected chi connectivity index (χ3v) is 2.10. The molecule has 0 aliphatic rings. The lowest BCUT2D eigenvalue weighted by Gasteiger charge is -2.08. The highest BCUT2D eigenvalue weighted by molar-refractivity contribution is 6.32. The SMILES string of the molecule is COc1c(F)c(F)c(F)c(C)c1Cl. The molecule has 0 bridgehead atoms. The van der Waals surface area contributed by atoms with Crippen LogP contribution < -0.4 is 4.74 Å². The van der Waals surface area contributed by atoms with Gasteiger partial charge in [-0.25, -0.2) is 8.78 Å². The van der Waals surface area contributed by atoms with E-state index in [1.54, 1.807) is 0 Å². The number of ether oxygens (including phenoxy) is 1. The van der Waals surface area contributed by atoms with E-state index in [4.69, 9.17) is 11.6 Å². The molecule has 5 heteroatoms. The molecule has 0 spiro atoms. The highest BCUT2D eigenvalue weighted by Gasteiger charge is 2.21. The van der Waals surface area contributed by atoms with Crippen LogP contribution in [0.4, 0.5) is 13.2 Å². The standard InChI is InChI=1S/C8H6ClF3O/c1-3-4(9)8(13-2)7(12)6(11)5(3)10/h1-2H3. The fourth-order valence-corrected chi connectivity index (χ4v) is 1.15. The number of methoxy groups -OCH3 is 1. The third kappa shape index (κ3) is 1.46. The normalized spacial score (nSPS) is 10.3. The summed E-state index contributed by atoms with van der Waals surface area (Å²) in [7, 11) is 1.13. The van der Waals surface area contributed by atoms with Crippen molar-refractivity contribution in [3.63, 3.8) is 0 Å². The summed E-state index contributed by atoms with van der Waals surface area (Å²) in [5.74, 6) is -4.74. The zero-order chi connectivity index (χ0) is 10.2. The van der Waals surface area contributed by atoms with Crippen molar-refractivity contribution in [2.24, 2.45) is 0 Å². The highest BCUT2D eigenvalue weighted by atomic mass is 35.5. The van der Waals surface area contributed by atoms with Crippen molar-refractivity contribution in [2.45, 2.75) is 6.92 Å². The number of hydrogen-bond acceptors (Lipinski definition) is 1. The van der Waals surface area contributed by atoms with Gasteiger partial charge in [0.2, 0.25) is 5.82 Å². The van der Waals surface area contributed by atoms with Gasteiger partial charge in [0.05, 0.1) is 12.1 Å². The van der Waals surface area contributed by atoms with Gasteiger partial charge in [0.15, 0.2) is 17.4 Å². The number of hydrogen-bond donors (Lipinski definition) is 0. The Bertz CT molecular complexity index is 323. The summed E-state index contributed by atoms with van der Waals surface area (Å²) < 4.78 is 42.9. The van der Waals surface area contributed by atoms with Gasteiger partial charge < -0.3 is 4.74 Å². The molecule has 0 radical (unpaired) electrons. The maximum Gasteiger partial charge on any atom is 0.205 e. The van der Waals surface area contributed by atoms with Crippen molar-refractivity contribution in [1.29, 1.82) is 0 Å². The summed E-state index contributed by atoms with van der Waals surface area (Å²) >= 11 is 5.50. The molecule has 0 amide bonds. The molecule has 0 unspecified atom stereocenters. The van der Waals surface area contributed by atoms with Crippen LogP contribution in [0.1, 0.15) is 5.56 Å². The lowest BCUT2D eigenvalue weighted by Crippen LogP contribution is -2.00. The lowest BCUT2D eigenvalue weighted by atomic mass is 10.2. The number of benzene rings is 1. The van der Waals surface area contributed by atoms with Crippen molar-refractivity contribution in [3.8, 4) is 5.75 Å². The molecule has 0 saturated carbocycles. The second-order valence-corrected chi connectivity index (χ2v) is 2.79. The summed E-state index contributed by atoms with van der Waals surface area (Å²) in [5.41, 5.74) is -0.169. The Balaban J connectivity index is 3.56. The Morgan fingerprint density at radius 2 is 1.62 bits per heavy atom. The Kier molecular flexibility index (Phi) is 2.71. The van der Waals surface area contributed by atoms with Crippen LogP contribution in [0.25, 0.3) is 0 Å². The first-order valence-corrected chi connectivity index (χ1v) is 3.75. The second-order valence-electron chi connectivity index (χ2n) is 2.41. The molecule has 0 heterocycles. The number of rotatable bonds is 1. The van der Waals surface area contributed by atoms with Gasteiger partial charge in [-0.15, -0.1) is 0 Å². The monoisotopic (exact) mass is 210 g/mol. The quantitative estimate of drug-likeness (QED) is 0.511. The van der Waals surface area contributed by atoms with Crippen molar-refractivity contribution in [1.82, 2.24) is 0 Å². The molecule has 0 aliphatic carbocycles. The molecule has 0 N–H and O–H groups in total. The maximum atomic E-state index is 12.9. The van der Waals surface area contributed by atoms with Crippen LogP contribution in [0.5, 0.6) is 5.75 Å². The predicted octanol–water partition coefficient (Wildman–Crippen LogP) is 3.07.